The Morgan fingerprint density at radius 2 is 1.81 bits per heavy atom. The number of nitrogens with zero attached hydrogens (tertiary/aromatic N) is 1. The van der Waals surface area contributed by atoms with Gasteiger partial charge in [0.1, 0.15) is 0 Å². The van der Waals surface area contributed by atoms with Crippen molar-refractivity contribution in [3.63, 3.8) is 0 Å². The molecule has 5 nitrogen and oxygen atoms in total. The van der Waals surface area contributed by atoms with Crippen LogP contribution >= 0.6 is 0 Å². The molecule has 4 aromatic rings. The molecule has 3 N–H and O–H groups in total. The smallest absolute Gasteiger partial charge is 0.323 e. The van der Waals surface area contributed by atoms with Crippen LogP contribution in [0.2, 0.25) is 0 Å². The Morgan fingerprint density at radius 3 is 2.76 bits per heavy atom. The van der Waals surface area contributed by atoms with Crippen molar-refractivity contribution < 1.29 is 0 Å². The van der Waals surface area contributed by atoms with Crippen LogP contribution < -0.4 is 5.69 Å². The summed E-state index contributed by atoms with van der Waals surface area (Å²) in [5.41, 5.74) is 4.25. The molecule has 0 aliphatic rings. The van der Waals surface area contributed by atoms with Gasteiger partial charge in [-0.15, -0.1) is 0 Å². The van der Waals surface area contributed by atoms with Crippen LogP contribution in [-0.4, -0.2) is 21.2 Å². The predicted molar refractivity (Wildman–Crippen MR) is 84.5 cm³/mol. The number of aromatic amines is 3. The summed E-state index contributed by atoms with van der Waals surface area (Å²) in [4.78, 5) is 24.4. The average molecular weight is 276 g/mol. The van der Waals surface area contributed by atoms with E-state index >= 15 is 0 Å². The van der Waals surface area contributed by atoms with E-state index in [9.17, 15) is 4.79 Å². The first kappa shape index (κ1) is 11.7. The lowest BCUT2D eigenvalue weighted by Crippen LogP contribution is -1.99. The molecule has 0 spiro atoms. The maximum absolute atomic E-state index is 11.2. The van der Waals surface area contributed by atoms with Crippen molar-refractivity contribution in [2.45, 2.75) is 0 Å². The fraction of sp³-hybridized carbons (Fsp3) is 0. The maximum atomic E-state index is 11.2. The number of para-hydroxylation sites is 1. The van der Waals surface area contributed by atoms with E-state index in [1.807, 2.05) is 48.8 Å². The molecular formula is C16H12N4O. The lowest BCUT2D eigenvalue weighted by molar-refractivity contribution is 1.21. The van der Waals surface area contributed by atoms with Gasteiger partial charge in [0.05, 0.1) is 16.7 Å². The van der Waals surface area contributed by atoms with E-state index in [0.29, 0.717) is 0 Å². The molecule has 0 radical (unpaired) electrons. The van der Waals surface area contributed by atoms with Crippen molar-refractivity contribution in [3.8, 4) is 0 Å². The standard InChI is InChI=1S/C16H12N4O/c21-16-19-14-6-5-11(7-15(14)20-16)17-8-10-9-18-13-4-2-1-3-12(10)13/h1-9,18H,(H2,19,20,21). The van der Waals surface area contributed by atoms with Gasteiger partial charge in [-0.1, -0.05) is 18.2 Å². The average Bonchev–Trinajstić information content (AvgIpc) is 3.07. The topological polar surface area (TPSA) is 76.8 Å². The number of rotatable bonds is 2. The molecule has 0 saturated carbocycles. The van der Waals surface area contributed by atoms with Gasteiger partial charge in [-0.25, -0.2) is 4.79 Å². The molecule has 0 bridgehead atoms. The van der Waals surface area contributed by atoms with Gasteiger partial charge in [0, 0.05) is 28.9 Å². The number of nitrogens with one attached hydrogen (secondary N) is 3. The van der Waals surface area contributed by atoms with E-state index in [0.717, 1.165) is 33.2 Å². The van der Waals surface area contributed by atoms with Crippen molar-refractivity contribution >= 4 is 33.8 Å². The van der Waals surface area contributed by atoms with Crippen molar-refractivity contribution in [2.24, 2.45) is 4.99 Å². The predicted octanol–water partition coefficient (Wildman–Crippen LogP) is 3.09. The Kier molecular flexibility index (Phi) is 2.50. The third-order valence-corrected chi connectivity index (χ3v) is 3.47. The molecule has 0 amide bonds. The van der Waals surface area contributed by atoms with Crippen molar-refractivity contribution in [1.82, 2.24) is 15.0 Å². The Bertz CT molecular complexity index is 1020. The lowest BCUT2D eigenvalue weighted by atomic mass is 10.2. The molecule has 5 heteroatoms. The second-order valence-corrected chi connectivity index (χ2v) is 4.86. The van der Waals surface area contributed by atoms with Gasteiger partial charge in [-0.2, -0.15) is 0 Å². The largest absolute Gasteiger partial charge is 0.361 e. The number of aromatic nitrogens is 3. The van der Waals surface area contributed by atoms with E-state index < -0.39 is 0 Å². The first-order valence-corrected chi connectivity index (χ1v) is 6.62. The lowest BCUT2D eigenvalue weighted by Gasteiger charge is -1.94. The molecule has 2 heterocycles. The Morgan fingerprint density at radius 1 is 0.952 bits per heavy atom. The number of aliphatic imine (C=N–C) groups is 1. The second-order valence-electron chi connectivity index (χ2n) is 4.86. The zero-order chi connectivity index (χ0) is 14.2. The monoisotopic (exact) mass is 276 g/mol. The number of hydrogen-bond donors (Lipinski definition) is 3. The maximum Gasteiger partial charge on any atom is 0.323 e. The van der Waals surface area contributed by atoms with Gasteiger partial charge in [0.25, 0.3) is 0 Å². The summed E-state index contributed by atoms with van der Waals surface area (Å²) in [6.45, 7) is 0. The van der Waals surface area contributed by atoms with Crippen molar-refractivity contribution in [3.05, 3.63) is 64.7 Å². The Hall–Kier alpha value is -3.08. The Labute approximate surface area is 119 Å². The normalized spacial score (nSPS) is 11.8. The van der Waals surface area contributed by atoms with Gasteiger partial charge in [0.2, 0.25) is 0 Å². The molecule has 102 valence electrons. The summed E-state index contributed by atoms with van der Waals surface area (Å²) < 4.78 is 0. The van der Waals surface area contributed by atoms with Crippen LogP contribution in [0.25, 0.3) is 21.9 Å². The molecule has 0 atom stereocenters. The highest BCUT2D eigenvalue weighted by Gasteiger charge is 2.01. The SMILES string of the molecule is O=c1[nH]c2ccc(N=Cc3c[nH]c4ccccc34)cc2[nH]1. The first-order chi connectivity index (χ1) is 10.3. The molecular weight excluding hydrogens is 264 g/mol. The van der Waals surface area contributed by atoms with Gasteiger partial charge in [0.15, 0.2) is 0 Å². The summed E-state index contributed by atoms with van der Waals surface area (Å²) in [5.74, 6) is 0. The Balaban J connectivity index is 1.74. The van der Waals surface area contributed by atoms with Crippen molar-refractivity contribution in [1.29, 1.82) is 0 Å². The van der Waals surface area contributed by atoms with Crippen molar-refractivity contribution in [2.75, 3.05) is 0 Å². The summed E-state index contributed by atoms with van der Waals surface area (Å²) in [7, 11) is 0. The summed E-state index contributed by atoms with van der Waals surface area (Å²) in [6.07, 6.45) is 3.76. The zero-order valence-electron chi connectivity index (χ0n) is 11.1. The molecule has 0 saturated heterocycles. The summed E-state index contributed by atoms with van der Waals surface area (Å²) in [6, 6.07) is 13.6. The molecule has 4 rings (SSSR count). The minimum Gasteiger partial charge on any atom is -0.361 e. The number of hydrogen-bond acceptors (Lipinski definition) is 2. The molecule has 2 aromatic heterocycles. The van der Waals surface area contributed by atoms with Crippen LogP contribution in [0.15, 0.2) is 58.4 Å². The molecule has 2 aromatic carbocycles. The van der Waals surface area contributed by atoms with Crippen LogP contribution in [0.3, 0.4) is 0 Å². The minimum atomic E-state index is -0.206. The third kappa shape index (κ3) is 2.04. The van der Waals surface area contributed by atoms with Gasteiger partial charge in [-0.3, -0.25) is 4.99 Å². The fourth-order valence-corrected chi connectivity index (χ4v) is 2.45. The first-order valence-electron chi connectivity index (χ1n) is 6.62. The number of benzene rings is 2. The second kappa shape index (κ2) is 4.49. The van der Waals surface area contributed by atoms with Crippen LogP contribution in [-0.2, 0) is 0 Å². The van der Waals surface area contributed by atoms with E-state index in [1.165, 1.54) is 0 Å². The fourth-order valence-electron chi connectivity index (χ4n) is 2.45. The number of H-pyrrole nitrogens is 3. The quantitative estimate of drug-likeness (QED) is 0.483. The minimum absolute atomic E-state index is 0.206. The van der Waals surface area contributed by atoms with Gasteiger partial charge >= 0.3 is 5.69 Å². The number of fused-ring (bicyclic) bond motifs is 2. The molecule has 21 heavy (non-hydrogen) atoms. The highest BCUT2D eigenvalue weighted by atomic mass is 16.1. The highest BCUT2D eigenvalue weighted by molar-refractivity contribution is 5.99. The molecule has 0 aliphatic heterocycles. The molecule has 0 fully saturated rings. The number of imidazole rings is 1. The van der Waals surface area contributed by atoms with Gasteiger partial charge in [-0.05, 0) is 24.3 Å². The summed E-state index contributed by atoms with van der Waals surface area (Å²) >= 11 is 0. The molecule has 0 aliphatic carbocycles. The third-order valence-electron chi connectivity index (χ3n) is 3.47. The van der Waals surface area contributed by atoms with E-state index in [2.05, 4.69) is 26.0 Å². The van der Waals surface area contributed by atoms with Crippen LogP contribution in [0, 0.1) is 0 Å². The van der Waals surface area contributed by atoms with E-state index in [1.54, 1.807) is 0 Å². The van der Waals surface area contributed by atoms with Crippen LogP contribution in [0.1, 0.15) is 5.56 Å². The highest BCUT2D eigenvalue weighted by Crippen LogP contribution is 2.19. The van der Waals surface area contributed by atoms with E-state index in [-0.39, 0.29) is 5.69 Å². The zero-order valence-corrected chi connectivity index (χ0v) is 11.1. The summed E-state index contributed by atoms with van der Waals surface area (Å²) in [5, 5.41) is 1.14. The van der Waals surface area contributed by atoms with E-state index in [4.69, 9.17) is 0 Å². The molecule has 0 unspecified atom stereocenters. The van der Waals surface area contributed by atoms with Gasteiger partial charge < -0.3 is 15.0 Å². The van der Waals surface area contributed by atoms with Crippen LogP contribution in [0.4, 0.5) is 5.69 Å². The van der Waals surface area contributed by atoms with Crippen LogP contribution in [0.5, 0.6) is 0 Å².